The second-order valence-corrected chi connectivity index (χ2v) is 5.81. The number of aliphatic hydroxyl groups excluding tert-OH is 1. The zero-order valence-electron chi connectivity index (χ0n) is 12.9. The van der Waals surface area contributed by atoms with Crippen LogP contribution in [0.4, 0.5) is 0 Å². The van der Waals surface area contributed by atoms with Crippen LogP contribution >= 0.6 is 0 Å². The number of hydrogen-bond donors (Lipinski definition) is 1. The van der Waals surface area contributed by atoms with Crippen LogP contribution in [0.3, 0.4) is 0 Å². The summed E-state index contributed by atoms with van der Waals surface area (Å²) in [7, 11) is 0. The molecule has 0 radical (unpaired) electrons. The summed E-state index contributed by atoms with van der Waals surface area (Å²) < 4.78 is 5.43. The molecule has 0 spiro atoms. The summed E-state index contributed by atoms with van der Waals surface area (Å²) in [5, 5.41) is 13.8. The topological polar surface area (TPSA) is 75.3 Å². The number of pyridine rings is 1. The third-order valence-electron chi connectivity index (χ3n) is 4.21. The number of aromatic nitrogens is 3. The van der Waals surface area contributed by atoms with Crippen LogP contribution in [0, 0.1) is 0 Å². The van der Waals surface area contributed by atoms with E-state index in [1.165, 1.54) is 0 Å². The van der Waals surface area contributed by atoms with E-state index in [-0.39, 0.29) is 6.10 Å². The Morgan fingerprint density at radius 2 is 2.18 bits per heavy atom. The zero-order chi connectivity index (χ0) is 15.4. The molecule has 1 atom stereocenters. The van der Waals surface area contributed by atoms with Crippen LogP contribution in [0.15, 0.2) is 28.9 Å². The van der Waals surface area contributed by atoms with Gasteiger partial charge in [0.25, 0.3) is 0 Å². The molecule has 22 heavy (non-hydrogen) atoms. The third kappa shape index (κ3) is 3.51. The Bertz CT molecular complexity index is 579. The van der Waals surface area contributed by atoms with Gasteiger partial charge in [0.15, 0.2) is 0 Å². The molecule has 1 unspecified atom stereocenters. The first-order valence-electron chi connectivity index (χ1n) is 7.91. The minimum Gasteiger partial charge on any atom is -0.392 e. The lowest BCUT2D eigenvalue weighted by molar-refractivity contribution is 0.0915. The fraction of sp³-hybridized carbons (Fsp3) is 0.562. The highest BCUT2D eigenvalue weighted by Gasteiger charge is 2.26. The van der Waals surface area contributed by atoms with Gasteiger partial charge in [-0.15, -0.1) is 0 Å². The van der Waals surface area contributed by atoms with Gasteiger partial charge in [-0.25, -0.2) is 0 Å². The summed E-state index contributed by atoms with van der Waals surface area (Å²) in [5.74, 6) is 1.57. The molecule has 1 fully saturated rings. The van der Waals surface area contributed by atoms with Crippen LogP contribution in [0.5, 0.6) is 0 Å². The van der Waals surface area contributed by atoms with Crippen molar-refractivity contribution >= 4 is 0 Å². The van der Waals surface area contributed by atoms with Crippen molar-refractivity contribution in [3.63, 3.8) is 0 Å². The second kappa shape index (κ2) is 6.98. The van der Waals surface area contributed by atoms with Gasteiger partial charge < -0.3 is 14.5 Å². The van der Waals surface area contributed by atoms with Crippen LogP contribution in [-0.4, -0.2) is 50.9 Å². The standard InChI is InChI=1S/C16H22N4O2/c1-2-13(21)11-20-9-6-12(7-10-20)16-18-15(19-22-16)14-5-3-4-8-17-14/h3-5,8,12-13,21H,2,6-7,9-11H2,1H3. The van der Waals surface area contributed by atoms with Crippen molar-refractivity contribution in [1.29, 1.82) is 0 Å². The summed E-state index contributed by atoms with van der Waals surface area (Å²) in [6.07, 6.45) is 4.27. The lowest BCUT2D eigenvalue weighted by Crippen LogP contribution is -2.38. The van der Waals surface area contributed by atoms with Gasteiger partial charge in [0, 0.05) is 18.7 Å². The van der Waals surface area contributed by atoms with E-state index in [9.17, 15) is 5.11 Å². The van der Waals surface area contributed by atoms with Crippen molar-refractivity contribution in [2.75, 3.05) is 19.6 Å². The van der Waals surface area contributed by atoms with E-state index in [1.54, 1.807) is 6.20 Å². The van der Waals surface area contributed by atoms with Gasteiger partial charge in [0.05, 0.1) is 6.10 Å². The quantitative estimate of drug-likeness (QED) is 0.911. The summed E-state index contributed by atoms with van der Waals surface area (Å²) in [5.41, 5.74) is 0.737. The van der Waals surface area contributed by atoms with E-state index in [1.807, 2.05) is 25.1 Å². The number of piperidine rings is 1. The predicted octanol–water partition coefficient (Wildman–Crippen LogP) is 2.08. The molecule has 1 aliphatic rings. The second-order valence-electron chi connectivity index (χ2n) is 5.81. The number of likely N-dealkylation sites (tertiary alicyclic amines) is 1. The Morgan fingerprint density at radius 3 is 2.86 bits per heavy atom. The molecule has 2 aromatic heterocycles. The molecule has 1 aliphatic heterocycles. The molecule has 0 aliphatic carbocycles. The molecule has 118 valence electrons. The van der Waals surface area contributed by atoms with Crippen LogP contribution in [0.2, 0.25) is 0 Å². The Morgan fingerprint density at radius 1 is 1.36 bits per heavy atom. The number of nitrogens with zero attached hydrogens (tertiary/aromatic N) is 4. The highest BCUT2D eigenvalue weighted by atomic mass is 16.5. The largest absolute Gasteiger partial charge is 0.392 e. The number of hydrogen-bond acceptors (Lipinski definition) is 6. The van der Waals surface area contributed by atoms with Gasteiger partial charge in [0.2, 0.25) is 11.7 Å². The fourth-order valence-corrected chi connectivity index (χ4v) is 2.79. The van der Waals surface area contributed by atoms with E-state index in [0.717, 1.165) is 44.6 Å². The Hall–Kier alpha value is -1.79. The number of rotatable bonds is 5. The van der Waals surface area contributed by atoms with Crippen LogP contribution in [-0.2, 0) is 0 Å². The average molecular weight is 302 g/mol. The van der Waals surface area contributed by atoms with Crippen molar-refractivity contribution < 1.29 is 9.63 Å². The smallest absolute Gasteiger partial charge is 0.230 e. The summed E-state index contributed by atoms with van der Waals surface area (Å²) >= 11 is 0. The molecule has 0 aromatic carbocycles. The minimum atomic E-state index is -0.226. The van der Waals surface area contributed by atoms with Crippen LogP contribution in [0.25, 0.3) is 11.5 Å². The number of aliphatic hydroxyl groups is 1. The first kappa shape index (κ1) is 15.1. The summed E-state index contributed by atoms with van der Waals surface area (Å²) in [6.45, 7) is 4.69. The molecule has 3 rings (SSSR count). The zero-order valence-corrected chi connectivity index (χ0v) is 12.9. The first-order valence-corrected chi connectivity index (χ1v) is 7.91. The maximum Gasteiger partial charge on any atom is 0.230 e. The Labute approximate surface area is 130 Å². The van der Waals surface area contributed by atoms with E-state index >= 15 is 0 Å². The highest BCUT2D eigenvalue weighted by molar-refractivity contribution is 5.47. The van der Waals surface area contributed by atoms with Crippen molar-refractivity contribution in [2.45, 2.75) is 38.2 Å². The molecular weight excluding hydrogens is 280 g/mol. The van der Waals surface area contributed by atoms with Crippen LogP contribution in [0.1, 0.15) is 38.0 Å². The monoisotopic (exact) mass is 302 g/mol. The van der Waals surface area contributed by atoms with Gasteiger partial charge >= 0.3 is 0 Å². The molecule has 1 saturated heterocycles. The Kier molecular flexibility index (Phi) is 4.80. The molecule has 0 bridgehead atoms. The first-order chi connectivity index (χ1) is 10.8. The van der Waals surface area contributed by atoms with Gasteiger partial charge in [-0.1, -0.05) is 18.1 Å². The lowest BCUT2D eigenvalue weighted by atomic mass is 9.96. The van der Waals surface area contributed by atoms with Gasteiger partial charge in [-0.2, -0.15) is 4.98 Å². The predicted molar refractivity (Wildman–Crippen MR) is 82.2 cm³/mol. The van der Waals surface area contributed by atoms with E-state index in [0.29, 0.717) is 17.6 Å². The molecule has 6 heteroatoms. The minimum absolute atomic E-state index is 0.226. The highest BCUT2D eigenvalue weighted by Crippen LogP contribution is 2.28. The van der Waals surface area contributed by atoms with Gasteiger partial charge in [0.1, 0.15) is 5.69 Å². The Balaban J connectivity index is 1.59. The van der Waals surface area contributed by atoms with Crippen molar-refractivity contribution in [3.05, 3.63) is 30.3 Å². The maximum atomic E-state index is 9.73. The maximum absolute atomic E-state index is 9.73. The normalized spacial score (nSPS) is 18.5. The third-order valence-corrected chi connectivity index (χ3v) is 4.21. The molecule has 0 saturated carbocycles. The molecule has 2 aromatic rings. The molecule has 3 heterocycles. The lowest BCUT2D eigenvalue weighted by Gasteiger charge is -2.31. The van der Waals surface area contributed by atoms with E-state index < -0.39 is 0 Å². The van der Waals surface area contributed by atoms with Crippen molar-refractivity contribution in [3.8, 4) is 11.5 Å². The molecule has 1 N–H and O–H groups in total. The van der Waals surface area contributed by atoms with Crippen molar-refractivity contribution in [1.82, 2.24) is 20.0 Å². The fourth-order valence-electron chi connectivity index (χ4n) is 2.79. The molecule has 6 nitrogen and oxygen atoms in total. The van der Waals surface area contributed by atoms with E-state index in [2.05, 4.69) is 20.0 Å². The van der Waals surface area contributed by atoms with E-state index in [4.69, 9.17) is 4.52 Å². The molecule has 0 amide bonds. The van der Waals surface area contributed by atoms with Gasteiger partial charge in [-0.05, 0) is 44.5 Å². The van der Waals surface area contributed by atoms with Crippen LogP contribution < -0.4 is 0 Å². The van der Waals surface area contributed by atoms with Gasteiger partial charge in [-0.3, -0.25) is 4.98 Å². The summed E-state index contributed by atoms with van der Waals surface area (Å²) in [4.78, 5) is 11.0. The van der Waals surface area contributed by atoms with Crippen molar-refractivity contribution in [2.24, 2.45) is 0 Å². The summed E-state index contributed by atoms with van der Waals surface area (Å²) in [6, 6.07) is 5.66. The average Bonchev–Trinajstić information content (AvgIpc) is 3.06. The number of β-amino-alcohol motifs (C(OH)–C–C–N with tert-alkyl or cyclic N) is 1. The molecular formula is C16H22N4O2. The SMILES string of the molecule is CCC(O)CN1CCC(c2nc(-c3ccccn3)no2)CC1.